The highest BCUT2D eigenvalue weighted by molar-refractivity contribution is 4.81. The van der Waals surface area contributed by atoms with E-state index in [4.69, 9.17) is 4.74 Å². The van der Waals surface area contributed by atoms with Gasteiger partial charge in [-0.2, -0.15) is 0 Å². The van der Waals surface area contributed by atoms with Crippen LogP contribution < -0.4 is 5.32 Å². The van der Waals surface area contributed by atoms with Crippen LogP contribution in [-0.2, 0) is 4.74 Å². The molecule has 0 bridgehead atoms. The van der Waals surface area contributed by atoms with Crippen molar-refractivity contribution >= 4 is 0 Å². The maximum atomic E-state index is 5.56. The Kier molecular flexibility index (Phi) is 5.26. The number of hydrogen-bond acceptors (Lipinski definition) is 2. The molecule has 16 heavy (non-hydrogen) atoms. The maximum absolute atomic E-state index is 5.56. The first-order chi connectivity index (χ1) is 7.43. The molecule has 0 radical (unpaired) electrons. The molecule has 1 atom stereocenters. The van der Waals surface area contributed by atoms with Gasteiger partial charge in [0.15, 0.2) is 0 Å². The van der Waals surface area contributed by atoms with Gasteiger partial charge in [0.25, 0.3) is 0 Å². The van der Waals surface area contributed by atoms with E-state index in [2.05, 4.69) is 33.0 Å². The maximum Gasteiger partial charge on any atom is 0.0743 e. The molecule has 96 valence electrons. The normalized spacial score (nSPS) is 29.1. The van der Waals surface area contributed by atoms with Crippen molar-refractivity contribution in [2.45, 2.75) is 65.5 Å². The Hall–Kier alpha value is -0.0800. The second-order valence-corrected chi connectivity index (χ2v) is 6.46. The summed E-state index contributed by atoms with van der Waals surface area (Å²) < 4.78 is 5.56. The number of methoxy groups -OCH3 is 1. The molecule has 0 spiro atoms. The molecule has 1 aliphatic carbocycles. The van der Waals surface area contributed by atoms with Crippen LogP contribution in [0.3, 0.4) is 0 Å². The van der Waals surface area contributed by atoms with Crippen molar-refractivity contribution in [2.75, 3.05) is 13.7 Å². The molecule has 2 nitrogen and oxygen atoms in total. The molecule has 0 aromatic heterocycles. The Balaban J connectivity index is 2.28. The summed E-state index contributed by atoms with van der Waals surface area (Å²) in [4.78, 5) is 0. The lowest BCUT2D eigenvalue weighted by Gasteiger charge is -2.33. The van der Waals surface area contributed by atoms with E-state index in [0.29, 0.717) is 6.10 Å². The third kappa shape index (κ3) is 4.42. The molecule has 1 N–H and O–H groups in total. The van der Waals surface area contributed by atoms with E-state index in [1.165, 1.54) is 25.7 Å². The average molecular weight is 227 g/mol. The van der Waals surface area contributed by atoms with E-state index in [1.807, 2.05) is 7.11 Å². The lowest BCUT2D eigenvalue weighted by atomic mass is 9.86. The molecule has 0 aromatic rings. The van der Waals surface area contributed by atoms with Crippen LogP contribution >= 0.6 is 0 Å². The van der Waals surface area contributed by atoms with Crippen molar-refractivity contribution in [3.8, 4) is 0 Å². The Morgan fingerprint density at radius 1 is 1.19 bits per heavy atom. The zero-order valence-corrected chi connectivity index (χ0v) is 11.7. The summed E-state index contributed by atoms with van der Waals surface area (Å²) >= 11 is 0. The van der Waals surface area contributed by atoms with Gasteiger partial charge in [0.05, 0.1) is 6.10 Å². The van der Waals surface area contributed by atoms with Crippen molar-refractivity contribution in [2.24, 2.45) is 11.3 Å². The summed E-state index contributed by atoms with van der Waals surface area (Å²) in [5.74, 6) is 0.930. The molecule has 0 amide bonds. The van der Waals surface area contributed by atoms with Gasteiger partial charge >= 0.3 is 0 Å². The van der Waals surface area contributed by atoms with Crippen molar-refractivity contribution in [1.29, 1.82) is 0 Å². The summed E-state index contributed by atoms with van der Waals surface area (Å²) in [7, 11) is 1.82. The predicted molar refractivity (Wildman–Crippen MR) is 69.7 cm³/mol. The van der Waals surface area contributed by atoms with E-state index in [0.717, 1.165) is 18.5 Å². The third-order valence-corrected chi connectivity index (χ3v) is 3.86. The largest absolute Gasteiger partial charge is 0.380 e. The van der Waals surface area contributed by atoms with Gasteiger partial charge in [-0.3, -0.25) is 0 Å². The van der Waals surface area contributed by atoms with Crippen LogP contribution in [0.25, 0.3) is 0 Å². The van der Waals surface area contributed by atoms with Crippen molar-refractivity contribution in [3.63, 3.8) is 0 Å². The minimum Gasteiger partial charge on any atom is -0.380 e. The first kappa shape index (κ1) is 14.0. The molecule has 2 heteroatoms. The average Bonchev–Trinajstić information content (AvgIpc) is 2.19. The number of ether oxygens (including phenoxy) is 1. The van der Waals surface area contributed by atoms with Crippen LogP contribution in [0.2, 0.25) is 0 Å². The lowest BCUT2D eigenvalue weighted by Crippen LogP contribution is -2.43. The van der Waals surface area contributed by atoms with Crippen molar-refractivity contribution in [3.05, 3.63) is 0 Å². The summed E-state index contributed by atoms with van der Waals surface area (Å²) in [6, 6.07) is 0.719. The Labute approximate surface area is 101 Å². The molecule has 0 heterocycles. The molecule has 0 aliphatic heterocycles. The minimum absolute atomic E-state index is 0.226. The second kappa shape index (κ2) is 6.02. The summed E-state index contributed by atoms with van der Waals surface area (Å²) in [6.07, 6.45) is 5.74. The molecule has 0 aromatic carbocycles. The highest BCUT2D eigenvalue weighted by atomic mass is 16.5. The van der Waals surface area contributed by atoms with Crippen molar-refractivity contribution in [1.82, 2.24) is 5.32 Å². The van der Waals surface area contributed by atoms with Gasteiger partial charge in [-0.25, -0.2) is 0 Å². The van der Waals surface area contributed by atoms with E-state index in [-0.39, 0.29) is 5.41 Å². The Morgan fingerprint density at radius 2 is 1.75 bits per heavy atom. The van der Waals surface area contributed by atoms with Crippen LogP contribution in [-0.4, -0.2) is 25.8 Å². The van der Waals surface area contributed by atoms with Gasteiger partial charge in [-0.15, -0.1) is 0 Å². The summed E-state index contributed by atoms with van der Waals surface area (Å²) in [6.45, 7) is 10.1. The summed E-state index contributed by atoms with van der Waals surface area (Å²) in [5.41, 5.74) is 0.226. The monoisotopic (exact) mass is 227 g/mol. The van der Waals surface area contributed by atoms with E-state index in [1.54, 1.807) is 0 Å². The zero-order valence-electron chi connectivity index (χ0n) is 11.7. The molecule has 1 saturated carbocycles. The number of nitrogens with one attached hydrogen (secondary N) is 1. The third-order valence-electron chi connectivity index (χ3n) is 3.86. The Bertz CT molecular complexity index is 189. The smallest absolute Gasteiger partial charge is 0.0743 e. The van der Waals surface area contributed by atoms with Gasteiger partial charge in [-0.05, 0) is 37.0 Å². The van der Waals surface area contributed by atoms with Gasteiger partial charge in [0.1, 0.15) is 0 Å². The van der Waals surface area contributed by atoms with Crippen LogP contribution in [0.15, 0.2) is 0 Å². The quantitative estimate of drug-likeness (QED) is 0.796. The predicted octanol–water partition coefficient (Wildman–Crippen LogP) is 3.22. The molecule has 1 aliphatic rings. The highest BCUT2D eigenvalue weighted by Crippen LogP contribution is 2.25. The van der Waals surface area contributed by atoms with Gasteiger partial charge in [0, 0.05) is 19.7 Å². The van der Waals surface area contributed by atoms with E-state index >= 15 is 0 Å². The molecule has 1 fully saturated rings. The second-order valence-electron chi connectivity index (χ2n) is 6.46. The van der Waals surface area contributed by atoms with Crippen LogP contribution in [0.4, 0.5) is 0 Å². The van der Waals surface area contributed by atoms with E-state index < -0.39 is 0 Å². The topological polar surface area (TPSA) is 21.3 Å². The van der Waals surface area contributed by atoms with Gasteiger partial charge in [0.2, 0.25) is 0 Å². The van der Waals surface area contributed by atoms with Gasteiger partial charge in [-0.1, -0.05) is 27.7 Å². The van der Waals surface area contributed by atoms with Gasteiger partial charge < -0.3 is 10.1 Å². The lowest BCUT2D eigenvalue weighted by molar-refractivity contribution is 0.0145. The SMILES string of the molecule is COC(CNC1CCC(C)CC1)C(C)(C)C. The fourth-order valence-corrected chi connectivity index (χ4v) is 2.48. The zero-order chi connectivity index (χ0) is 12.2. The van der Waals surface area contributed by atoms with Crippen LogP contribution in [0.5, 0.6) is 0 Å². The fraction of sp³-hybridized carbons (Fsp3) is 1.00. The van der Waals surface area contributed by atoms with Crippen LogP contribution in [0, 0.1) is 11.3 Å². The van der Waals surface area contributed by atoms with E-state index in [9.17, 15) is 0 Å². The number of hydrogen-bond donors (Lipinski definition) is 1. The molecule has 0 saturated heterocycles. The highest BCUT2D eigenvalue weighted by Gasteiger charge is 2.25. The first-order valence-electron chi connectivity index (χ1n) is 6.69. The Morgan fingerprint density at radius 3 is 2.19 bits per heavy atom. The molecular formula is C14H29NO. The fourth-order valence-electron chi connectivity index (χ4n) is 2.48. The molecule has 1 unspecified atom stereocenters. The number of rotatable bonds is 4. The molecular weight excluding hydrogens is 198 g/mol. The molecule has 1 rings (SSSR count). The standard InChI is InChI=1S/C14H29NO/c1-11-6-8-12(9-7-11)15-10-13(16-5)14(2,3)4/h11-13,15H,6-10H2,1-5H3. The van der Waals surface area contributed by atoms with Crippen LogP contribution in [0.1, 0.15) is 53.4 Å². The summed E-state index contributed by atoms with van der Waals surface area (Å²) in [5, 5.41) is 3.67. The van der Waals surface area contributed by atoms with Crippen molar-refractivity contribution < 1.29 is 4.74 Å². The first-order valence-corrected chi connectivity index (χ1v) is 6.69. The minimum atomic E-state index is 0.226.